The topological polar surface area (TPSA) is 55.8 Å². The summed E-state index contributed by atoms with van der Waals surface area (Å²) in [6.45, 7) is 8.90. The molecule has 1 aromatic carbocycles. The highest BCUT2D eigenvalue weighted by atomic mass is 16.6. The number of carbonyl (C=O) groups is 2. The minimum absolute atomic E-state index is 0.552. The summed E-state index contributed by atoms with van der Waals surface area (Å²) in [4.78, 5) is 25.4. The fraction of sp³-hybridized carbons (Fsp3) is 0.529. The van der Waals surface area contributed by atoms with Gasteiger partial charge in [-0.3, -0.25) is 4.90 Å². The normalized spacial score (nSPS) is 14.0. The molecule has 1 rings (SSSR count). The Morgan fingerprint density at radius 1 is 1.23 bits per heavy atom. The van der Waals surface area contributed by atoms with E-state index in [0.717, 1.165) is 11.8 Å². The molecule has 0 bridgehead atoms. The first-order chi connectivity index (χ1) is 10.1. The fourth-order valence-electron chi connectivity index (χ4n) is 2.23. The van der Waals surface area contributed by atoms with Crippen molar-refractivity contribution in [2.24, 2.45) is 0 Å². The van der Waals surface area contributed by atoms with Gasteiger partial charge in [0.05, 0.1) is 7.11 Å². The highest BCUT2D eigenvalue weighted by Crippen LogP contribution is 2.33. The summed E-state index contributed by atoms with van der Waals surface area (Å²) in [5, 5.41) is 0. The number of carbonyl (C=O) groups excluding carboxylic acids is 2. The zero-order valence-corrected chi connectivity index (χ0v) is 14.4. The first kappa shape index (κ1) is 18.0. The second kappa shape index (κ2) is 6.38. The molecule has 0 fully saturated rings. The number of hydrogen-bond donors (Lipinski definition) is 0. The van der Waals surface area contributed by atoms with Crippen molar-refractivity contribution in [1.82, 2.24) is 4.90 Å². The van der Waals surface area contributed by atoms with Crippen LogP contribution in [0.2, 0.25) is 0 Å². The fourth-order valence-corrected chi connectivity index (χ4v) is 2.23. The zero-order chi connectivity index (χ0) is 17.1. The van der Waals surface area contributed by atoms with E-state index >= 15 is 0 Å². The first-order valence-electron chi connectivity index (χ1n) is 7.14. The quantitative estimate of drug-likeness (QED) is 0.801. The molecule has 1 atom stereocenters. The molecule has 1 unspecified atom stereocenters. The van der Waals surface area contributed by atoms with Crippen LogP contribution in [0.15, 0.2) is 18.2 Å². The Kier molecular flexibility index (Phi) is 5.22. The molecule has 0 radical (unpaired) electrons. The maximum atomic E-state index is 12.3. The van der Waals surface area contributed by atoms with Gasteiger partial charge in [-0.15, -0.1) is 0 Å². The van der Waals surface area contributed by atoms with Crippen molar-refractivity contribution in [2.45, 2.75) is 45.8 Å². The lowest BCUT2D eigenvalue weighted by Gasteiger charge is -2.36. The minimum atomic E-state index is -1.14. The van der Waals surface area contributed by atoms with Crippen LogP contribution in [0, 0.1) is 6.92 Å². The van der Waals surface area contributed by atoms with Crippen LogP contribution in [0.1, 0.15) is 38.8 Å². The number of amides is 1. The Labute approximate surface area is 132 Å². The Hall–Kier alpha value is -2.04. The molecule has 0 aliphatic rings. The lowest BCUT2D eigenvalue weighted by molar-refractivity contribution is -0.117. The molecule has 0 aromatic heterocycles. The van der Waals surface area contributed by atoms with Crippen molar-refractivity contribution >= 4 is 12.4 Å². The summed E-state index contributed by atoms with van der Waals surface area (Å²) in [6, 6.07) is 5.43. The van der Waals surface area contributed by atoms with Gasteiger partial charge in [0.15, 0.2) is 0 Å². The number of rotatable bonds is 4. The van der Waals surface area contributed by atoms with Gasteiger partial charge in [-0.05, 0) is 51.8 Å². The van der Waals surface area contributed by atoms with Gasteiger partial charge in [0, 0.05) is 7.05 Å². The van der Waals surface area contributed by atoms with Crippen molar-refractivity contribution in [3.63, 3.8) is 0 Å². The average Bonchev–Trinajstić information content (AvgIpc) is 2.44. The molecular weight excluding hydrogens is 282 g/mol. The van der Waals surface area contributed by atoms with Gasteiger partial charge in [0.25, 0.3) is 0 Å². The molecule has 1 aromatic rings. The third-order valence-electron chi connectivity index (χ3n) is 3.64. The highest BCUT2D eigenvalue weighted by Gasteiger charge is 2.38. The van der Waals surface area contributed by atoms with Crippen LogP contribution in [-0.2, 0) is 15.1 Å². The summed E-state index contributed by atoms with van der Waals surface area (Å²) in [5.41, 5.74) is -0.246. The van der Waals surface area contributed by atoms with E-state index in [1.807, 2.05) is 19.1 Å². The maximum Gasteiger partial charge on any atom is 0.411 e. The van der Waals surface area contributed by atoms with Crippen molar-refractivity contribution in [1.29, 1.82) is 0 Å². The molecule has 5 nitrogen and oxygen atoms in total. The van der Waals surface area contributed by atoms with E-state index in [1.165, 1.54) is 4.90 Å². The number of aldehydes is 1. The predicted molar refractivity (Wildman–Crippen MR) is 85.1 cm³/mol. The lowest BCUT2D eigenvalue weighted by Crippen LogP contribution is -2.48. The third-order valence-corrected chi connectivity index (χ3v) is 3.64. The van der Waals surface area contributed by atoms with Crippen LogP contribution in [0.3, 0.4) is 0 Å². The second-order valence-corrected chi connectivity index (χ2v) is 6.44. The summed E-state index contributed by atoms with van der Waals surface area (Å²) < 4.78 is 10.7. The molecule has 0 aliphatic heterocycles. The monoisotopic (exact) mass is 307 g/mol. The molecule has 0 heterocycles. The number of likely N-dealkylation sites (N-methyl/N-ethyl adjacent to an activating group) is 1. The van der Waals surface area contributed by atoms with Gasteiger partial charge in [-0.1, -0.05) is 12.1 Å². The van der Waals surface area contributed by atoms with Gasteiger partial charge >= 0.3 is 6.09 Å². The van der Waals surface area contributed by atoms with Crippen molar-refractivity contribution in [2.75, 3.05) is 14.2 Å². The van der Waals surface area contributed by atoms with Gasteiger partial charge < -0.3 is 14.3 Å². The number of ether oxygens (including phenoxy) is 2. The van der Waals surface area contributed by atoms with Gasteiger partial charge in [0.1, 0.15) is 23.2 Å². The third kappa shape index (κ3) is 3.59. The van der Waals surface area contributed by atoms with Crippen molar-refractivity contribution < 1.29 is 19.1 Å². The molecule has 0 saturated heterocycles. The van der Waals surface area contributed by atoms with Crippen LogP contribution in [0.25, 0.3) is 0 Å². The maximum absolute atomic E-state index is 12.3. The molecule has 22 heavy (non-hydrogen) atoms. The summed E-state index contributed by atoms with van der Waals surface area (Å²) in [5.74, 6) is 0.670. The van der Waals surface area contributed by atoms with Crippen molar-refractivity contribution in [3.8, 4) is 5.75 Å². The molecule has 0 N–H and O–H groups in total. The van der Waals surface area contributed by atoms with E-state index < -0.39 is 17.2 Å². The Balaban J connectivity index is 3.27. The van der Waals surface area contributed by atoms with E-state index in [9.17, 15) is 9.59 Å². The van der Waals surface area contributed by atoms with Gasteiger partial charge in [-0.25, -0.2) is 4.79 Å². The standard InChI is InChI=1S/C17H25NO4/c1-12-13(9-8-10-14(12)21-7)17(5,11-19)18(6)15(20)22-16(2,3)4/h8-11H,1-7H3. The number of methoxy groups -OCH3 is 1. The Morgan fingerprint density at radius 3 is 2.27 bits per heavy atom. The van der Waals surface area contributed by atoms with E-state index in [-0.39, 0.29) is 0 Å². The average molecular weight is 307 g/mol. The molecule has 0 saturated carbocycles. The number of hydrogen-bond acceptors (Lipinski definition) is 4. The first-order valence-corrected chi connectivity index (χ1v) is 7.14. The van der Waals surface area contributed by atoms with Gasteiger partial charge in [0.2, 0.25) is 0 Å². The van der Waals surface area contributed by atoms with Crippen LogP contribution >= 0.6 is 0 Å². The van der Waals surface area contributed by atoms with E-state index in [1.54, 1.807) is 47.9 Å². The van der Waals surface area contributed by atoms with Crippen LogP contribution < -0.4 is 4.74 Å². The van der Waals surface area contributed by atoms with Crippen molar-refractivity contribution in [3.05, 3.63) is 29.3 Å². The zero-order valence-electron chi connectivity index (χ0n) is 14.4. The smallest absolute Gasteiger partial charge is 0.411 e. The Bertz CT molecular complexity index is 562. The molecular formula is C17H25NO4. The van der Waals surface area contributed by atoms with Crippen LogP contribution in [0.4, 0.5) is 4.79 Å². The largest absolute Gasteiger partial charge is 0.496 e. The van der Waals surface area contributed by atoms with E-state index in [0.29, 0.717) is 11.3 Å². The summed E-state index contributed by atoms with van der Waals surface area (Å²) in [7, 11) is 3.13. The molecule has 5 heteroatoms. The Morgan fingerprint density at radius 2 is 1.82 bits per heavy atom. The summed E-state index contributed by atoms with van der Waals surface area (Å²) in [6.07, 6.45) is 0.197. The van der Waals surface area contributed by atoms with Crippen LogP contribution in [-0.4, -0.2) is 37.0 Å². The molecule has 1 amide bonds. The second-order valence-electron chi connectivity index (χ2n) is 6.44. The molecule has 122 valence electrons. The minimum Gasteiger partial charge on any atom is -0.496 e. The van der Waals surface area contributed by atoms with E-state index in [2.05, 4.69) is 0 Å². The lowest BCUT2D eigenvalue weighted by atomic mass is 9.88. The molecule has 0 spiro atoms. The van der Waals surface area contributed by atoms with E-state index in [4.69, 9.17) is 9.47 Å². The highest BCUT2D eigenvalue weighted by molar-refractivity contribution is 5.78. The molecule has 0 aliphatic carbocycles. The van der Waals surface area contributed by atoms with Gasteiger partial charge in [-0.2, -0.15) is 0 Å². The SMILES string of the molecule is COc1cccc(C(C)(C=O)N(C)C(=O)OC(C)(C)C)c1C. The number of benzene rings is 1. The number of nitrogens with zero attached hydrogens (tertiary/aromatic N) is 1. The summed E-state index contributed by atoms with van der Waals surface area (Å²) >= 11 is 0. The predicted octanol–water partition coefficient (Wildman–Crippen LogP) is 3.28. The van der Waals surface area contributed by atoms with Crippen LogP contribution in [0.5, 0.6) is 5.75 Å².